The molecule has 1 atom stereocenters. The number of benzene rings is 1. The third-order valence-electron chi connectivity index (χ3n) is 2.41. The highest BCUT2D eigenvalue weighted by Gasteiger charge is 2.29. The molecule has 1 rings (SSSR count). The molecule has 0 radical (unpaired) electrons. The quantitative estimate of drug-likeness (QED) is 0.801. The molecule has 2 N–H and O–H groups in total. The van der Waals surface area contributed by atoms with E-state index in [9.17, 15) is 4.79 Å². The van der Waals surface area contributed by atoms with Crippen molar-refractivity contribution in [2.24, 2.45) is 5.73 Å². The molecule has 0 heterocycles. The predicted octanol–water partition coefficient (Wildman–Crippen LogP) is 3.04. The van der Waals surface area contributed by atoms with Crippen LogP contribution in [0.3, 0.4) is 0 Å². The fraction of sp³-hybridized carbons (Fsp3) is 0.417. The molecule has 0 bridgehead atoms. The fourth-order valence-electron chi connectivity index (χ4n) is 1.59. The van der Waals surface area contributed by atoms with Gasteiger partial charge in [0, 0.05) is 5.56 Å². The van der Waals surface area contributed by atoms with Crippen molar-refractivity contribution in [3.8, 4) is 0 Å². The molecule has 0 aliphatic heterocycles. The van der Waals surface area contributed by atoms with Gasteiger partial charge in [-0.3, -0.25) is 4.79 Å². The van der Waals surface area contributed by atoms with E-state index in [0.717, 1.165) is 6.42 Å². The van der Waals surface area contributed by atoms with Crippen molar-refractivity contribution < 1.29 is 4.79 Å². The van der Waals surface area contributed by atoms with Crippen LogP contribution in [0.5, 0.6) is 0 Å². The summed E-state index contributed by atoms with van der Waals surface area (Å²) in [5, 5.41) is 0.468. The number of ketones is 1. The van der Waals surface area contributed by atoms with Crippen LogP contribution in [-0.4, -0.2) is 11.3 Å². The summed E-state index contributed by atoms with van der Waals surface area (Å²) in [6.07, 6.45) is 1.54. The highest BCUT2D eigenvalue weighted by atomic mass is 35.5. The Labute approximate surface area is 95.4 Å². The van der Waals surface area contributed by atoms with Crippen LogP contribution in [0.25, 0.3) is 0 Å². The lowest BCUT2D eigenvalue weighted by Gasteiger charge is -2.22. The van der Waals surface area contributed by atoms with Gasteiger partial charge < -0.3 is 5.73 Å². The molecule has 0 aliphatic carbocycles. The Morgan fingerprint density at radius 1 is 1.47 bits per heavy atom. The molecule has 0 aromatic heterocycles. The van der Waals surface area contributed by atoms with E-state index in [1.165, 1.54) is 0 Å². The van der Waals surface area contributed by atoms with E-state index in [0.29, 0.717) is 17.0 Å². The summed E-state index contributed by atoms with van der Waals surface area (Å²) >= 11 is 5.95. The number of nitrogens with two attached hydrogens (primary N) is 1. The Kier molecular flexibility index (Phi) is 3.89. The second-order valence-electron chi connectivity index (χ2n) is 3.98. The van der Waals surface area contributed by atoms with E-state index >= 15 is 0 Å². The molecule has 0 saturated carbocycles. The standard InChI is InChI=1S/C12H16ClNO/c1-3-8-12(2,14)11(15)9-6-4-5-7-10(9)13/h4-7H,3,8,14H2,1-2H3. The molecular weight excluding hydrogens is 210 g/mol. The van der Waals surface area contributed by atoms with Crippen LogP contribution >= 0.6 is 11.6 Å². The van der Waals surface area contributed by atoms with Crippen LogP contribution in [0.2, 0.25) is 5.02 Å². The molecule has 0 saturated heterocycles. The van der Waals surface area contributed by atoms with Gasteiger partial charge in [-0.05, 0) is 25.5 Å². The van der Waals surface area contributed by atoms with E-state index in [2.05, 4.69) is 0 Å². The summed E-state index contributed by atoms with van der Waals surface area (Å²) in [6.45, 7) is 3.76. The summed E-state index contributed by atoms with van der Waals surface area (Å²) in [6, 6.07) is 7.01. The van der Waals surface area contributed by atoms with E-state index in [4.69, 9.17) is 17.3 Å². The Morgan fingerprint density at radius 3 is 2.60 bits per heavy atom. The van der Waals surface area contributed by atoms with Gasteiger partial charge in [-0.25, -0.2) is 0 Å². The first-order valence-electron chi connectivity index (χ1n) is 5.07. The fourth-order valence-corrected chi connectivity index (χ4v) is 1.81. The minimum atomic E-state index is -0.820. The molecule has 1 aromatic carbocycles. The van der Waals surface area contributed by atoms with Gasteiger partial charge in [0.05, 0.1) is 10.6 Å². The summed E-state index contributed by atoms with van der Waals surface area (Å²) in [4.78, 5) is 12.1. The molecule has 15 heavy (non-hydrogen) atoms. The van der Waals surface area contributed by atoms with Gasteiger partial charge in [0.25, 0.3) is 0 Å². The third kappa shape index (κ3) is 2.80. The van der Waals surface area contributed by atoms with Crippen molar-refractivity contribution in [3.63, 3.8) is 0 Å². The molecule has 1 unspecified atom stereocenters. The highest BCUT2D eigenvalue weighted by Crippen LogP contribution is 2.22. The molecule has 82 valence electrons. The molecule has 1 aromatic rings. The predicted molar refractivity (Wildman–Crippen MR) is 63.3 cm³/mol. The summed E-state index contributed by atoms with van der Waals surface area (Å²) < 4.78 is 0. The minimum Gasteiger partial charge on any atom is -0.319 e. The topological polar surface area (TPSA) is 43.1 Å². The van der Waals surface area contributed by atoms with Crippen molar-refractivity contribution >= 4 is 17.4 Å². The first-order valence-corrected chi connectivity index (χ1v) is 5.45. The van der Waals surface area contributed by atoms with Crippen LogP contribution < -0.4 is 5.73 Å². The maximum Gasteiger partial charge on any atom is 0.183 e. The number of Topliss-reactive ketones (excluding diaryl/α,β-unsaturated/α-hetero) is 1. The van der Waals surface area contributed by atoms with Gasteiger partial charge in [-0.1, -0.05) is 37.1 Å². The minimum absolute atomic E-state index is 0.0880. The van der Waals surface area contributed by atoms with Gasteiger partial charge >= 0.3 is 0 Å². The van der Waals surface area contributed by atoms with Crippen molar-refractivity contribution in [2.75, 3.05) is 0 Å². The molecule has 0 amide bonds. The summed E-state index contributed by atoms with van der Waals surface area (Å²) in [5.41, 5.74) is 5.66. The van der Waals surface area contributed by atoms with E-state index in [-0.39, 0.29) is 5.78 Å². The molecule has 3 heteroatoms. The monoisotopic (exact) mass is 225 g/mol. The van der Waals surface area contributed by atoms with E-state index < -0.39 is 5.54 Å². The third-order valence-corrected chi connectivity index (χ3v) is 2.74. The number of rotatable bonds is 4. The molecule has 0 fully saturated rings. The molecular formula is C12H16ClNO. The number of carbonyl (C=O) groups excluding carboxylic acids is 1. The number of halogens is 1. The number of carbonyl (C=O) groups is 1. The SMILES string of the molecule is CCCC(C)(N)C(=O)c1ccccc1Cl. The molecule has 0 aliphatic rings. The number of hydrogen-bond donors (Lipinski definition) is 1. The first kappa shape index (κ1) is 12.2. The maximum absolute atomic E-state index is 12.1. The van der Waals surface area contributed by atoms with Crippen LogP contribution in [0.15, 0.2) is 24.3 Å². The van der Waals surface area contributed by atoms with Crippen LogP contribution in [0, 0.1) is 0 Å². The van der Waals surface area contributed by atoms with Crippen molar-refractivity contribution in [1.29, 1.82) is 0 Å². The van der Waals surface area contributed by atoms with Gasteiger partial charge in [0.2, 0.25) is 0 Å². The first-order chi connectivity index (χ1) is 6.99. The zero-order chi connectivity index (χ0) is 11.5. The van der Waals surface area contributed by atoms with Crippen LogP contribution in [0.4, 0.5) is 0 Å². The van der Waals surface area contributed by atoms with Crippen LogP contribution in [0.1, 0.15) is 37.0 Å². The summed E-state index contributed by atoms with van der Waals surface area (Å²) in [5.74, 6) is -0.0880. The Hall–Kier alpha value is -0.860. The second-order valence-corrected chi connectivity index (χ2v) is 4.38. The van der Waals surface area contributed by atoms with Crippen molar-refractivity contribution in [3.05, 3.63) is 34.9 Å². The average molecular weight is 226 g/mol. The van der Waals surface area contributed by atoms with E-state index in [1.54, 1.807) is 31.2 Å². The van der Waals surface area contributed by atoms with Gasteiger partial charge in [0.1, 0.15) is 0 Å². The van der Waals surface area contributed by atoms with Crippen LogP contribution in [-0.2, 0) is 0 Å². The largest absolute Gasteiger partial charge is 0.319 e. The second kappa shape index (κ2) is 4.77. The normalized spacial score (nSPS) is 14.7. The van der Waals surface area contributed by atoms with Gasteiger partial charge in [-0.2, -0.15) is 0 Å². The maximum atomic E-state index is 12.1. The average Bonchev–Trinajstić information content (AvgIpc) is 2.17. The Morgan fingerprint density at radius 2 is 2.07 bits per heavy atom. The summed E-state index contributed by atoms with van der Waals surface area (Å²) in [7, 11) is 0. The van der Waals surface area contributed by atoms with E-state index in [1.807, 2.05) is 6.92 Å². The van der Waals surface area contributed by atoms with Gasteiger partial charge in [-0.15, -0.1) is 0 Å². The van der Waals surface area contributed by atoms with Crippen molar-refractivity contribution in [2.45, 2.75) is 32.2 Å². The lowest BCUT2D eigenvalue weighted by molar-refractivity contribution is 0.0893. The Bertz CT molecular complexity index is 360. The lowest BCUT2D eigenvalue weighted by atomic mass is 9.88. The number of hydrogen-bond acceptors (Lipinski definition) is 2. The lowest BCUT2D eigenvalue weighted by Crippen LogP contribution is -2.44. The zero-order valence-corrected chi connectivity index (χ0v) is 9.84. The smallest absolute Gasteiger partial charge is 0.183 e. The van der Waals surface area contributed by atoms with Gasteiger partial charge in [0.15, 0.2) is 5.78 Å². The zero-order valence-electron chi connectivity index (χ0n) is 9.09. The molecule has 2 nitrogen and oxygen atoms in total. The Balaban J connectivity index is 2.99. The highest BCUT2D eigenvalue weighted by molar-refractivity contribution is 6.34. The molecule has 0 spiro atoms. The van der Waals surface area contributed by atoms with Crippen molar-refractivity contribution in [1.82, 2.24) is 0 Å².